The Balaban J connectivity index is 0.917. The van der Waals surface area contributed by atoms with E-state index in [1.165, 1.54) is 57.8 Å². The van der Waals surface area contributed by atoms with Crippen molar-refractivity contribution in [2.45, 2.75) is 104 Å². The number of benzene rings is 1. The van der Waals surface area contributed by atoms with Crippen LogP contribution < -0.4 is 26.8 Å². The number of fused-ring (bicyclic) bond motifs is 2. The summed E-state index contributed by atoms with van der Waals surface area (Å²) in [7, 11) is 0. The molecule has 6 N–H and O–H groups in total. The second-order valence-electron chi connectivity index (χ2n) is 19.0. The van der Waals surface area contributed by atoms with Gasteiger partial charge in [-0.2, -0.15) is 0 Å². The van der Waals surface area contributed by atoms with Crippen LogP contribution in [0.1, 0.15) is 114 Å². The fourth-order valence-electron chi connectivity index (χ4n) is 12.3. The van der Waals surface area contributed by atoms with Crippen LogP contribution in [0.5, 0.6) is 0 Å². The topological polar surface area (TPSA) is 153 Å². The molecule has 12 nitrogen and oxygen atoms in total. The highest BCUT2D eigenvalue weighted by molar-refractivity contribution is 7.22. The summed E-state index contributed by atoms with van der Waals surface area (Å²) in [5.41, 5.74) is 18.5. The van der Waals surface area contributed by atoms with Gasteiger partial charge in [-0.15, -0.1) is 0 Å². The average Bonchev–Trinajstić information content (AvgIpc) is 3.56. The van der Waals surface area contributed by atoms with Crippen molar-refractivity contribution >= 4 is 49.8 Å². The van der Waals surface area contributed by atoms with Gasteiger partial charge in [0.2, 0.25) is 0 Å². The van der Waals surface area contributed by atoms with Crippen LogP contribution in [0.25, 0.3) is 15.8 Å². The maximum Gasteiger partial charge on any atom is 0.355 e. The number of likely N-dealkylation sites (tertiary alicyclic amines) is 1. The minimum absolute atomic E-state index is 0.0369. The van der Waals surface area contributed by atoms with Gasteiger partial charge in [0, 0.05) is 48.3 Å². The van der Waals surface area contributed by atoms with E-state index in [9.17, 15) is 9.90 Å². The minimum atomic E-state index is -1.10. The molecule has 59 heavy (non-hydrogen) atoms. The quantitative estimate of drug-likeness (QED) is 0.112. The monoisotopic (exact) mass is 819 g/mol. The summed E-state index contributed by atoms with van der Waals surface area (Å²) < 4.78 is 8.14. The van der Waals surface area contributed by atoms with Crippen LogP contribution in [-0.4, -0.2) is 76.6 Å². The summed E-state index contributed by atoms with van der Waals surface area (Å²) in [6, 6.07) is 11.8. The molecule has 10 rings (SSSR count). The molecule has 4 bridgehead atoms. The highest BCUT2D eigenvalue weighted by atomic mass is 32.1. The van der Waals surface area contributed by atoms with Crippen LogP contribution in [0.3, 0.4) is 0 Å². The Bertz CT molecular complexity index is 2210. The predicted molar refractivity (Wildman–Crippen MR) is 237 cm³/mol. The van der Waals surface area contributed by atoms with E-state index in [0.29, 0.717) is 47.3 Å². The van der Waals surface area contributed by atoms with E-state index < -0.39 is 5.97 Å². The van der Waals surface area contributed by atoms with Crippen LogP contribution in [0, 0.1) is 22.7 Å². The summed E-state index contributed by atoms with van der Waals surface area (Å²) in [5, 5.41) is 14.8. The highest BCUT2D eigenvalue weighted by Gasteiger charge is 2.60. The number of ether oxygens (including phenoxy) is 1. The lowest BCUT2D eigenvalue weighted by Crippen LogP contribution is -2.53. The number of aliphatic imine (C=N–C) groups is 1. The van der Waals surface area contributed by atoms with Gasteiger partial charge in [-0.3, -0.25) is 15.8 Å². The van der Waals surface area contributed by atoms with Gasteiger partial charge in [0.25, 0.3) is 0 Å². The first-order valence-electron chi connectivity index (χ1n) is 21.8. The van der Waals surface area contributed by atoms with Crippen LogP contribution in [0.4, 0.5) is 10.9 Å². The van der Waals surface area contributed by atoms with Gasteiger partial charge in [-0.25, -0.2) is 14.8 Å². The normalized spacial score (nSPS) is 30.0. The number of allylic oxidation sites excluding steroid dienone is 3. The number of pyridine rings is 1. The molecule has 1 aromatic carbocycles. The summed E-state index contributed by atoms with van der Waals surface area (Å²) in [6.45, 7) is 14.7. The number of thiazole rings is 1. The molecule has 4 aliphatic carbocycles. The Kier molecular flexibility index (Phi) is 10.7. The standard InChI is InChI=1S/C46H61N9O3S/c1-29-33-11-10-18-55(41(33)53-52-40(29)51-43-49-36-12-6-7-13-37(36)59-43)38-15-14-34(39(50-38)42(56)57)35(24-47)30(2)48-25-32-22-45(4)26-44(3)21-31(32)23-46(27-44,28-45)58-20-19-54-16-8-5-9-17-54/h6-7,12-15,24,31-32,52-53H,5,8-11,16-23,25-28,47H2,1-4H3,(H,49,51)(H,56,57)/b35-24+,48-30?. The van der Waals surface area contributed by atoms with Crippen LogP contribution >= 0.6 is 11.3 Å². The second-order valence-corrected chi connectivity index (χ2v) is 20.1. The van der Waals surface area contributed by atoms with Gasteiger partial charge in [0.05, 0.1) is 22.4 Å². The number of aromatic carboxylic acids is 1. The van der Waals surface area contributed by atoms with Crippen molar-refractivity contribution in [1.82, 2.24) is 25.7 Å². The predicted octanol–water partition coefficient (Wildman–Crippen LogP) is 8.28. The molecule has 0 amide bonds. The number of rotatable bonds is 12. The number of hydrazine groups is 1. The first-order chi connectivity index (χ1) is 28.4. The maximum absolute atomic E-state index is 12.9. The van der Waals surface area contributed by atoms with Gasteiger partial charge >= 0.3 is 5.97 Å². The third kappa shape index (κ3) is 7.98. The number of anilines is 2. The van der Waals surface area contributed by atoms with Gasteiger partial charge < -0.3 is 30.7 Å². The number of carbonyl (C=O) groups is 1. The first kappa shape index (κ1) is 40.0. The average molecular weight is 820 g/mol. The lowest BCUT2D eigenvalue weighted by molar-refractivity contribution is -0.166. The van der Waals surface area contributed by atoms with E-state index in [2.05, 4.69) is 52.8 Å². The largest absolute Gasteiger partial charge is 0.476 e. The van der Waals surface area contributed by atoms with Gasteiger partial charge in [0.15, 0.2) is 10.8 Å². The zero-order valence-electron chi connectivity index (χ0n) is 35.2. The number of carboxylic acids is 1. The lowest BCUT2D eigenvalue weighted by atomic mass is 9.53. The summed E-state index contributed by atoms with van der Waals surface area (Å²) in [6.07, 6.45) is 14.3. The van der Waals surface area contributed by atoms with Crippen molar-refractivity contribution < 1.29 is 14.6 Å². The Hall–Kier alpha value is -4.46. The molecule has 314 valence electrons. The first-order valence-corrected chi connectivity index (χ1v) is 22.7. The molecule has 3 aromatic rings. The third-order valence-corrected chi connectivity index (χ3v) is 15.2. The highest BCUT2D eigenvalue weighted by Crippen LogP contribution is 2.66. The van der Waals surface area contributed by atoms with Crippen molar-refractivity contribution in [2.75, 3.05) is 49.5 Å². The van der Waals surface area contributed by atoms with E-state index in [-0.39, 0.29) is 16.7 Å². The summed E-state index contributed by atoms with van der Waals surface area (Å²) >= 11 is 1.61. The number of aromatic nitrogens is 2. The molecule has 5 atom stereocenters. The van der Waals surface area contributed by atoms with Crippen LogP contribution in [0.15, 0.2) is 70.4 Å². The molecular weight excluding hydrogens is 759 g/mol. The molecule has 0 radical (unpaired) electrons. The SMILES string of the molecule is CC(=NCC1CC2(C)CC3(C)CC1CC(OCCN1CCCCC1)(C2)C3)/C(=C\N)c1ccc(N2CCCC3=C2NNC(Nc2nc4ccccc4s2)=C3C)nc1C(=O)O. The summed E-state index contributed by atoms with van der Waals surface area (Å²) in [4.78, 5) is 32.3. The molecule has 5 unspecified atom stereocenters. The minimum Gasteiger partial charge on any atom is -0.476 e. The number of para-hydroxylation sites is 1. The maximum atomic E-state index is 12.9. The Labute approximate surface area is 352 Å². The lowest BCUT2D eigenvalue weighted by Gasteiger charge is -2.56. The molecule has 2 aromatic heterocycles. The smallest absolute Gasteiger partial charge is 0.355 e. The van der Waals surface area contributed by atoms with E-state index in [1.807, 2.05) is 37.3 Å². The van der Waals surface area contributed by atoms with Gasteiger partial charge in [0.1, 0.15) is 17.5 Å². The molecule has 3 aliphatic heterocycles. The van der Waals surface area contributed by atoms with Gasteiger partial charge in [-0.1, -0.05) is 43.7 Å². The Morgan fingerprint density at radius 3 is 2.61 bits per heavy atom. The second kappa shape index (κ2) is 15.9. The summed E-state index contributed by atoms with van der Waals surface area (Å²) in [5.74, 6) is 2.17. The Morgan fingerprint density at radius 2 is 1.83 bits per heavy atom. The van der Waals surface area contributed by atoms with Crippen molar-refractivity contribution in [1.29, 1.82) is 0 Å². The van der Waals surface area contributed by atoms with Crippen molar-refractivity contribution in [3.8, 4) is 0 Å². The number of carboxylic acid groups (broad SMARTS) is 1. The molecule has 5 fully saturated rings. The van der Waals surface area contributed by atoms with Crippen molar-refractivity contribution in [3.05, 3.63) is 76.6 Å². The number of hydrogen-bond donors (Lipinski definition) is 5. The molecule has 7 aliphatic rings. The van der Waals surface area contributed by atoms with E-state index in [4.69, 9.17) is 25.4 Å². The molecule has 5 heterocycles. The van der Waals surface area contributed by atoms with E-state index in [0.717, 1.165) is 89.1 Å². The van der Waals surface area contributed by atoms with E-state index in [1.54, 1.807) is 11.3 Å². The zero-order chi connectivity index (χ0) is 40.9. The molecule has 0 spiro atoms. The van der Waals surface area contributed by atoms with Crippen molar-refractivity contribution in [2.24, 2.45) is 33.4 Å². The number of nitrogens with one attached hydrogen (secondary N) is 3. The van der Waals surface area contributed by atoms with Crippen LogP contribution in [0.2, 0.25) is 0 Å². The van der Waals surface area contributed by atoms with Crippen molar-refractivity contribution in [3.63, 3.8) is 0 Å². The zero-order valence-corrected chi connectivity index (χ0v) is 36.0. The third-order valence-electron chi connectivity index (χ3n) is 14.2. The number of piperidine rings is 1. The molecule has 13 heteroatoms. The van der Waals surface area contributed by atoms with Crippen LogP contribution in [-0.2, 0) is 4.74 Å². The molecular formula is C46H61N9O3S. The number of nitrogens with zero attached hydrogens (tertiary/aromatic N) is 5. The number of hydrogen-bond acceptors (Lipinski definition) is 12. The molecule has 4 saturated carbocycles. The fraction of sp³-hybridized carbons (Fsp3) is 0.565. The van der Waals surface area contributed by atoms with E-state index >= 15 is 0 Å². The Morgan fingerprint density at radius 1 is 1.03 bits per heavy atom. The van der Waals surface area contributed by atoms with Gasteiger partial charge in [-0.05, 0) is 144 Å². The molecule has 1 saturated heterocycles. The fourth-order valence-corrected chi connectivity index (χ4v) is 13.1. The number of nitrogens with two attached hydrogens (primary N) is 1.